The fraction of sp³-hybridized carbons (Fsp3) is 0.739. The van der Waals surface area contributed by atoms with Gasteiger partial charge in [-0.15, -0.1) is 11.8 Å². The molecule has 4 aliphatic carbocycles. The van der Waals surface area contributed by atoms with Gasteiger partial charge in [0.15, 0.2) is 5.78 Å². The Bertz CT molecular complexity index is 690. The van der Waals surface area contributed by atoms with E-state index in [0.717, 1.165) is 38.5 Å². The molecule has 3 heteroatoms. The summed E-state index contributed by atoms with van der Waals surface area (Å²) in [7, 11) is 0. The summed E-state index contributed by atoms with van der Waals surface area (Å²) in [5, 5.41) is 2.29. The van der Waals surface area contributed by atoms with Gasteiger partial charge in [0.05, 0.1) is 0 Å². The predicted molar refractivity (Wildman–Crippen MR) is 108 cm³/mol. The second-order valence-electron chi connectivity index (χ2n) is 9.50. The summed E-state index contributed by atoms with van der Waals surface area (Å²) < 4.78 is 0. The molecule has 0 bridgehead atoms. The van der Waals surface area contributed by atoms with E-state index in [2.05, 4.69) is 25.5 Å². The van der Waals surface area contributed by atoms with Crippen molar-refractivity contribution in [2.45, 2.75) is 71.6 Å². The first-order valence-corrected chi connectivity index (χ1v) is 11.6. The zero-order valence-corrected chi connectivity index (χ0v) is 17.3. The third-order valence-electron chi connectivity index (χ3n) is 8.31. The molecule has 5 atom stereocenters. The molecule has 2 nitrogen and oxygen atoms in total. The van der Waals surface area contributed by atoms with Crippen molar-refractivity contribution in [3.63, 3.8) is 0 Å². The van der Waals surface area contributed by atoms with E-state index in [0.29, 0.717) is 35.7 Å². The molecule has 0 radical (unpaired) electrons. The smallest absolute Gasteiger partial charge is 0.155 e. The van der Waals surface area contributed by atoms with Crippen molar-refractivity contribution in [2.75, 3.05) is 6.26 Å². The molecule has 3 saturated carbocycles. The van der Waals surface area contributed by atoms with E-state index in [9.17, 15) is 9.59 Å². The molecule has 4 rings (SSSR count). The largest absolute Gasteiger partial charge is 0.299 e. The first-order chi connectivity index (χ1) is 12.4. The van der Waals surface area contributed by atoms with Gasteiger partial charge in [0.25, 0.3) is 0 Å². The fourth-order valence-electron chi connectivity index (χ4n) is 7.20. The van der Waals surface area contributed by atoms with Gasteiger partial charge in [-0.1, -0.05) is 18.1 Å². The van der Waals surface area contributed by atoms with Crippen molar-refractivity contribution in [2.24, 2.45) is 28.6 Å². The highest BCUT2D eigenvalue weighted by molar-refractivity contribution is 8.01. The van der Waals surface area contributed by atoms with Gasteiger partial charge in [-0.05, 0) is 92.8 Å². The molecule has 0 N–H and O–H groups in total. The van der Waals surface area contributed by atoms with Gasteiger partial charge in [0, 0.05) is 18.3 Å². The first kappa shape index (κ1) is 18.5. The predicted octanol–water partition coefficient (Wildman–Crippen LogP) is 5.72. The molecule has 0 aliphatic heterocycles. The number of hydrogen-bond acceptors (Lipinski definition) is 3. The van der Waals surface area contributed by atoms with Crippen LogP contribution in [0.2, 0.25) is 0 Å². The minimum atomic E-state index is -0.0573. The van der Waals surface area contributed by atoms with Crippen LogP contribution in [-0.2, 0) is 9.59 Å². The van der Waals surface area contributed by atoms with Crippen LogP contribution in [0, 0.1) is 28.6 Å². The van der Waals surface area contributed by atoms with Crippen LogP contribution in [0.1, 0.15) is 71.6 Å². The van der Waals surface area contributed by atoms with Crippen molar-refractivity contribution < 1.29 is 9.59 Å². The number of allylic oxidation sites excluding steroid dienone is 2. The Morgan fingerprint density at radius 3 is 2.73 bits per heavy atom. The number of thioether (sulfide) groups is 1. The van der Waals surface area contributed by atoms with E-state index < -0.39 is 0 Å². The zero-order valence-electron chi connectivity index (χ0n) is 16.5. The summed E-state index contributed by atoms with van der Waals surface area (Å²) in [4.78, 5) is 24.8. The average Bonchev–Trinajstić information content (AvgIpc) is 2.91. The lowest BCUT2D eigenvalue weighted by molar-refractivity contribution is -0.132. The van der Waals surface area contributed by atoms with Crippen molar-refractivity contribution in [3.8, 4) is 0 Å². The average molecular weight is 373 g/mol. The Morgan fingerprint density at radius 2 is 1.96 bits per heavy atom. The third kappa shape index (κ3) is 2.68. The highest BCUT2D eigenvalue weighted by Crippen LogP contribution is 2.65. The van der Waals surface area contributed by atoms with Crippen molar-refractivity contribution in [3.05, 3.63) is 22.6 Å². The van der Waals surface area contributed by atoms with Crippen molar-refractivity contribution >= 4 is 23.3 Å². The zero-order chi connectivity index (χ0) is 18.5. The first-order valence-electron chi connectivity index (χ1n) is 10.4. The van der Waals surface area contributed by atoms with Gasteiger partial charge in [0.1, 0.15) is 5.78 Å². The molecule has 4 aliphatic rings. The number of carbonyl (C=O) groups excluding carboxylic acids is 2. The van der Waals surface area contributed by atoms with Crippen LogP contribution in [0.15, 0.2) is 22.6 Å². The van der Waals surface area contributed by atoms with Crippen LogP contribution < -0.4 is 0 Å². The third-order valence-corrected chi connectivity index (χ3v) is 8.95. The minimum absolute atomic E-state index is 0.0573. The summed E-state index contributed by atoms with van der Waals surface area (Å²) in [6.07, 6.45) is 13.4. The number of fused-ring (bicyclic) bond motifs is 5. The Balaban J connectivity index is 1.73. The second kappa shape index (κ2) is 6.65. The topological polar surface area (TPSA) is 34.1 Å². The molecular weight excluding hydrogens is 340 g/mol. The van der Waals surface area contributed by atoms with Gasteiger partial charge in [-0.25, -0.2) is 0 Å². The van der Waals surface area contributed by atoms with Gasteiger partial charge in [-0.2, -0.15) is 0 Å². The lowest BCUT2D eigenvalue weighted by Crippen LogP contribution is -2.51. The fourth-order valence-corrected chi connectivity index (χ4v) is 7.69. The van der Waals surface area contributed by atoms with Crippen LogP contribution in [0.5, 0.6) is 0 Å². The Morgan fingerprint density at radius 1 is 1.15 bits per heavy atom. The van der Waals surface area contributed by atoms with Crippen LogP contribution in [0.4, 0.5) is 0 Å². The normalized spacial score (nSPS) is 42.8. The van der Waals surface area contributed by atoms with Crippen molar-refractivity contribution in [1.29, 1.82) is 0 Å². The molecule has 0 unspecified atom stereocenters. The van der Waals surface area contributed by atoms with Crippen LogP contribution in [-0.4, -0.2) is 17.8 Å². The maximum absolute atomic E-state index is 12.6. The van der Waals surface area contributed by atoms with Crippen LogP contribution >= 0.6 is 11.8 Å². The Kier molecular flexibility index (Phi) is 4.74. The lowest BCUT2D eigenvalue weighted by atomic mass is 9.46. The van der Waals surface area contributed by atoms with Crippen LogP contribution in [0.25, 0.3) is 0 Å². The molecule has 0 amide bonds. The number of carbonyl (C=O) groups is 2. The summed E-state index contributed by atoms with van der Waals surface area (Å²) in [5.41, 5.74) is 3.02. The van der Waals surface area contributed by atoms with E-state index in [4.69, 9.17) is 0 Å². The summed E-state index contributed by atoms with van der Waals surface area (Å²) in [6, 6.07) is 0. The number of hydrogen-bond donors (Lipinski definition) is 0. The molecule has 0 spiro atoms. The summed E-state index contributed by atoms with van der Waals surface area (Å²) in [6.45, 7) is 4.51. The summed E-state index contributed by atoms with van der Waals surface area (Å²) >= 11 is 1.79. The Hall–Kier alpha value is -0.830. The molecule has 142 valence electrons. The number of ketones is 2. The number of rotatable bonds is 3. The molecule has 0 aromatic carbocycles. The van der Waals surface area contributed by atoms with Gasteiger partial charge < -0.3 is 0 Å². The monoisotopic (exact) mass is 372 g/mol. The molecule has 26 heavy (non-hydrogen) atoms. The minimum Gasteiger partial charge on any atom is -0.299 e. The highest BCUT2D eigenvalue weighted by Gasteiger charge is 2.59. The van der Waals surface area contributed by atoms with Crippen LogP contribution in [0.3, 0.4) is 0 Å². The summed E-state index contributed by atoms with van der Waals surface area (Å²) in [5.74, 6) is 2.76. The van der Waals surface area contributed by atoms with E-state index in [1.165, 1.54) is 24.0 Å². The molecule has 0 heterocycles. The lowest BCUT2D eigenvalue weighted by Gasteiger charge is -2.58. The van der Waals surface area contributed by atoms with Crippen molar-refractivity contribution in [1.82, 2.24) is 0 Å². The SMILES string of the molecule is CSC=C(C)C[C@]12CCC(=O)C=C1CC[C@@H]1[C@H]2CC[C@]2(C)C(=O)CC[C@@H]12. The maximum Gasteiger partial charge on any atom is 0.155 e. The standard InChI is InChI=1S/C23H32O2S/c1-15(14-26-3)13-23-11-8-17(24)12-16(23)4-5-18-19-6-7-21(25)22(19,2)10-9-20(18)23/h12,14,18-20H,4-11,13H2,1-3H3/t18-,19-,20+,22-,23+/m0/s1. The highest BCUT2D eigenvalue weighted by atomic mass is 32.2. The van der Waals surface area contributed by atoms with Gasteiger partial charge in [-0.3, -0.25) is 9.59 Å². The van der Waals surface area contributed by atoms with E-state index >= 15 is 0 Å². The molecular formula is C23H32O2S. The molecule has 0 saturated heterocycles. The van der Waals surface area contributed by atoms with Gasteiger partial charge >= 0.3 is 0 Å². The Labute approximate surface area is 162 Å². The van der Waals surface area contributed by atoms with E-state index in [1.807, 2.05) is 6.08 Å². The van der Waals surface area contributed by atoms with E-state index in [-0.39, 0.29) is 10.8 Å². The molecule has 3 fully saturated rings. The quantitative estimate of drug-likeness (QED) is 0.635. The van der Waals surface area contributed by atoms with Gasteiger partial charge in [0.2, 0.25) is 0 Å². The second-order valence-corrected chi connectivity index (χ2v) is 10.2. The molecule has 0 aromatic rings. The maximum atomic E-state index is 12.6. The van der Waals surface area contributed by atoms with E-state index in [1.54, 1.807) is 11.8 Å². The molecule has 0 aromatic heterocycles. The number of Topliss-reactive ketones (excluding diaryl/α,β-unsaturated/α-hetero) is 1.